The van der Waals surface area contributed by atoms with Crippen molar-refractivity contribution >= 4 is 29.1 Å². The molecule has 2 heterocycles. The summed E-state index contributed by atoms with van der Waals surface area (Å²) in [5.41, 5.74) is 4.47. The van der Waals surface area contributed by atoms with Gasteiger partial charge in [-0.15, -0.1) is 10.2 Å². The Morgan fingerprint density at radius 1 is 1.05 bits per heavy atom. The number of anilines is 1. The quantitative estimate of drug-likeness (QED) is 0.115. The number of hydrogen-bond donors (Lipinski definition) is 2. The van der Waals surface area contributed by atoms with E-state index in [2.05, 4.69) is 25.8 Å². The zero-order valence-electron chi connectivity index (χ0n) is 20.1. The van der Waals surface area contributed by atoms with E-state index in [1.807, 2.05) is 30.3 Å². The van der Waals surface area contributed by atoms with Crippen molar-refractivity contribution in [1.82, 2.24) is 20.0 Å². The van der Waals surface area contributed by atoms with Crippen LogP contribution in [-0.2, 0) is 4.79 Å². The number of carbonyl (C=O) groups is 1. The number of halogens is 1. The lowest BCUT2D eigenvalue weighted by Crippen LogP contribution is -2.14. The average molecular weight is 529 g/mol. The molecule has 0 saturated carbocycles. The Hall–Kier alpha value is -4.77. The number of thioether (sulfide) groups is 1. The molecule has 0 atom stereocenters. The van der Waals surface area contributed by atoms with Crippen LogP contribution in [0.2, 0.25) is 0 Å². The lowest BCUT2D eigenvalue weighted by Gasteiger charge is -2.05. The number of nitrogens with one attached hydrogen (secondary N) is 1. The molecule has 0 aliphatic carbocycles. The number of para-hydroxylation sites is 1. The monoisotopic (exact) mass is 528 g/mol. The Morgan fingerprint density at radius 3 is 2.50 bits per heavy atom. The second-order valence-corrected chi connectivity index (χ2v) is 9.08. The molecule has 0 bridgehead atoms. The summed E-state index contributed by atoms with van der Waals surface area (Å²) < 4.78 is 21.1. The van der Waals surface area contributed by atoms with Gasteiger partial charge < -0.3 is 14.9 Å². The van der Waals surface area contributed by atoms with Crippen LogP contribution in [0.5, 0.6) is 0 Å². The molecule has 2 aromatic heterocycles. The predicted octanol–water partition coefficient (Wildman–Crippen LogP) is 5.66. The van der Waals surface area contributed by atoms with E-state index in [9.17, 15) is 9.18 Å². The van der Waals surface area contributed by atoms with E-state index in [0.29, 0.717) is 28.2 Å². The van der Waals surface area contributed by atoms with Gasteiger partial charge in [0, 0.05) is 17.4 Å². The summed E-state index contributed by atoms with van der Waals surface area (Å²) in [7, 11) is 0. The Labute approximate surface area is 221 Å². The number of oxime groups is 1. The fourth-order valence-corrected chi connectivity index (χ4v) is 4.18. The van der Waals surface area contributed by atoms with Gasteiger partial charge in [0.15, 0.2) is 0 Å². The molecule has 38 heavy (non-hydrogen) atoms. The largest absolute Gasteiger partial charge is 0.411 e. The summed E-state index contributed by atoms with van der Waals surface area (Å²) in [6, 6.07) is 22.5. The van der Waals surface area contributed by atoms with Crippen molar-refractivity contribution in [3.05, 3.63) is 96.4 Å². The number of rotatable bonds is 8. The van der Waals surface area contributed by atoms with Gasteiger partial charge in [0.05, 0.1) is 22.7 Å². The molecule has 5 aromatic rings. The van der Waals surface area contributed by atoms with Crippen LogP contribution in [0.25, 0.3) is 28.4 Å². The molecular formula is C27H21FN6O3S. The second-order valence-electron chi connectivity index (χ2n) is 8.15. The molecular weight excluding hydrogens is 507 g/mol. The number of aromatic nitrogens is 4. The Kier molecular flexibility index (Phi) is 7.27. The fourth-order valence-electron chi connectivity index (χ4n) is 3.62. The molecule has 3 aromatic carbocycles. The fraction of sp³-hybridized carbons (Fsp3) is 0.0741. The van der Waals surface area contributed by atoms with Gasteiger partial charge in [-0.1, -0.05) is 47.2 Å². The molecule has 2 N–H and O–H groups in total. The molecule has 1 amide bonds. The summed E-state index contributed by atoms with van der Waals surface area (Å²) in [6.45, 7) is 1.68. The Bertz CT molecular complexity index is 1580. The van der Waals surface area contributed by atoms with E-state index in [0.717, 1.165) is 23.0 Å². The van der Waals surface area contributed by atoms with Gasteiger partial charge in [0.1, 0.15) is 11.5 Å². The van der Waals surface area contributed by atoms with Crippen molar-refractivity contribution in [2.24, 2.45) is 5.16 Å². The smallest absolute Gasteiger partial charge is 0.277 e. The number of nitrogens with zero attached hydrogens (tertiary/aromatic N) is 5. The highest BCUT2D eigenvalue weighted by Gasteiger charge is 2.20. The van der Waals surface area contributed by atoms with Crippen LogP contribution in [-0.4, -0.2) is 42.6 Å². The summed E-state index contributed by atoms with van der Waals surface area (Å²) in [5, 5.41) is 28.0. The first-order chi connectivity index (χ1) is 18.5. The summed E-state index contributed by atoms with van der Waals surface area (Å²) in [5.74, 6) is -0.323. The Balaban J connectivity index is 1.32. The maximum Gasteiger partial charge on any atom is 0.277 e. The topological polar surface area (TPSA) is 118 Å². The minimum atomic E-state index is -0.349. The van der Waals surface area contributed by atoms with Crippen LogP contribution >= 0.6 is 11.8 Å². The number of benzene rings is 3. The van der Waals surface area contributed by atoms with Crippen LogP contribution in [0.3, 0.4) is 0 Å². The van der Waals surface area contributed by atoms with E-state index in [-0.39, 0.29) is 28.6 Å². The first-order valence-corrected chi connectivity index (χ1v) is 12.5. The van der Waals surface area contributed by atoms with Crippen molar-refractivity contribution in [3.63, 3.8) is 0 Å². The molecule has 0 saturated heterocycles. The van der Waals surface area contributed by atoms with Crippen LogP contribution in [0.1, 0.15) is 12.5 Å². The van der Waals surface area contributed by atoms with Gasteiger partial charge in [-0.25, -0.2) is 9.07 Å². The van der Waals surface area contributed by atoms with Crippen molar-refractivity contribution in [3.8, 4) is 28.4 Å². The zero-order chi connectivity index (χ0) is 26.5. The molecule has 11 heteroatoms. The van der Waals surface area contributed by atoms with Gasteiger partial charge >= 0.3 is 0 Å². The third kappa shape index (κ3) is 5.62. The van der Waals surface area contributed by atoms with Crippen LogP contribution in [0.15, 0.2) is 99.9 Å². The number of amides is 1. The van der Waals surface area contributed by atoms with Gasteiger partial charge in [0.25, 0.3) is 11.1 Å². The molecule has 0 unspecified atom stereocenters. The van der Waals surface area contributed by atoms with Crippen molar-refractivity contribution < 1.29 is 18.8 Å². The molecule has 190 valence electrons. The molecule has 0 aliphatic heterocycles. The van der Waals surface area contributed by atoms with Gasteiger partial charge in [-0.05, 0) is 61.0 Å². The van der Waals surface area contributed by atoms with E-state index < -0.39 is 0 Å². The van der Waals surface area contributed by atoms with E-state index in [1.165, 1.54) is 12.1 Å². The molecule has 0 radical (unpaired) electrons. The van der Waals surface area contributed by atoms with Crippen LogP contribution < -0.4 is 5.32 Å². The van der Waals surface area contributed by atoms with Crippen LogP contribution in [0.4, 0.5) is 10.1 Å². The average Bonchev–Trinajstić information content (AvgIpc) is 3.60. The molecule has 5 rings (SSSR count). The van der Waals surface area contributed by atoms with Gasteiger partial charge in [-0.3, -0.25) is 4.79 Å². The standard InChI is InChI=1S/C27H21FN6O3S/c1-17(33-36)18-9-13-21(14-10-18)29-24(35)16-38-27-31-30-26(37-27)23-15-34(22-5-3-2-4-6-22)32-25(23)19-7-11-20(28)12-8-19/h2-15,36H,16H2,1H3,(H,29,35)/b33-17+. The Morgan fingerprint density at radius 2 is 1.79 bits per heavy atom. The van der Waals surface area contributed by atoms with Crippen molar-refractivity contribution in [2.45, 2.75) is 12.1 Å². The molecule has 0 spiro atoms. The van der Waals surface area contributed by atoms with E-state index in [1.54, 1.807) is 54.2 Å². The molecule has 0 fully saturated rings. The third-order valence-electron chi connectivity index (χ3n) is 5.55. The van der Waals surface area contributed by atoms with Crippen LogP contribution in [0, 0.1) is 5.82 Å². The molecule has 9 nitrogen and oxygen atoms in total. The maximum atomic E-state index is 13.5. The highest BCUT2D eigenvalue weighted by atomic mass is 32.2. The number of carbonyl (C=O) groups excluding carboxylic acids is 1. The maximum absolute atomic E-state index is 13.5. The summed E-state index contributed by atoms with van der Waals surface area (Å²) in [4.78, 5) is 12.4. The highest BCUT2D eigenvalue weighted by molar-refractivity contribution is 7.99. The third-order valence-corrected chi connectivity index (χ3v) is 6.37. The SMILES string of the molecule is C/C(=N\O)c1ccc(NC(=O)CSc2nnc(-c3cn(-c4ccccc4)nc3-c3ccc(F)cc3)o2)cc1. The minimum absolute atomic E-state index is 0.0502. The lowest BCUT2D eigenvalue weighted by molar-refractivity contribution is -0.113. The predicted molar refractivity (Wildman–Crippen MR) is 142 cm³/mol. The first kappa shape index (κ1) is 24.9. The van der Waals surface area contributed by atoms with Gasteiger partial charge in [0.2, 0.25) is 5.91 Å². The summed E-state index contributed by atoms with van der Waals surface area (Å²) in [6.07, 6.45) is 1.77. The number of hydrogen-bond acceptors (Lipinski definition) is 8. The normalized spacial score (nSPS) is 11.5. The minimum Gasteiger partial charge on any atom is -0.411 e. The first-order valence-electron chi connectivity index (χ1n) is 11.5. The second kappa shape index (κ2) is 11.1. The van der Waals surface area contributed by atoms with Gasteiger partial charge in [-0.2, -0.15) is 5.10 Å². The molecule has 0 aliphatic rings. The zero-order valence-corrected chi connectivity index (χ0v) is 20.9. The van der Waals surface area contributed by atoms with Crippen molar-refractivity contribution in [2.75, 3.05) is 11.1 Å². The van der Waals surface area contributed by atoms with Crippen molar-refractivity contribution in [1.29, 1.82) is 0 Å². The highest BCUT2D eigenvalue weighted by Crippen LogP contribution is 2.33. The lowest BCUT2D eigenvalue weighted by atomic mass is 10.1. The van der Waals surface area contributed by atoms with E-state index >= 15 is 0 Å². The summed E-state index contributed by atoms with van der Waals surface area (Å²) >= 11 is 1.10. The van der Waals surface area contributed by atoms with E-state index in [4.69, 9.17) is 9.62 Å².